The van der Waals surface area contributed by atoms with Crippen molar-refractivity contribution in [2.75, 3.05) is 0 Å². The zero-order chi connectivity index (χ0) is 9.14. The van der Waals surface area contributed by atoms with Crippen LogP contribution in [0, 0.1) is 11.3 Å². The van der Waals surface area contributed by atoms with Crippen LogP contribution in [0.25, 0.3) is 0 Å². The van der Waals surface area contributed by atoms with Crippen LogP contribution in [0.2, 0.25) is 0 Å². The Morgan fingerprint density at radius 2 is 2.33 bits per heavy atom. The zero-order valence-electron chi connectivity index (χ0n) is 6.22. The molecular formula is C8H6Br2N2. The molecule has 0 fully saturated rings. The van der Waals surface area contributed by atoms with Crippen LogP contribution in [0.3, 0.4) is 0 Å². The Labute approximate surface area is 87.7 Å². The minimum absolute atomic E-state index is 0.619. The van der Waals surface area contributed by atoms with Gasteiger partial charge in [0.1, 0.15) is 16.4 Å². The van der Waals surface area contributed by atoms with Crippen molar-refractivity contribution in [3.8, 4) is 6.07 Å². The third kappa shape index (κ3) is 1.62. The summed E-state index contributed by atoms with van der Waals surface area (Å²) in [5.74, 6) is 0. The van der Waals surface area contributed by atoms with Gasteiger partial charge in [-0.15, -0.1) is 6.58 Å². The smallest absolute Gasteiger partial charge is 0.122 e. The van der Waals surface area contributed by atoms with E-state index in [0.717, 1.165) is 9.08 Å². The molecule has 4 heteroatoms. The van der Waals surface area contributed by atoms with E-state index in [2.05, 4.69) is 44.5 Å². The van der Waals surface area contributed by atoms with Gasteiger partial charge in [0.25, 0.3) is 0 Å². The fourth-order valence-electron chi connectivity index (χ4n) is 0.892. The van der Waals surface area contributed by atoms with Gasteiger partial charge in [-0.1, -0.05) is 6.08 Å². The van der Waals surface area contributed by atoms with Crippen molar-refractivity contribution in [3.63, 3.8) is 0 Å². The lowest BCUT2D eigenvalue weighted by molar-refractivity contribution is 0.796. The van der Waals surface area contributed by atoms with Crippen LogP contribution in [0.1, 0.15) is 5.69 Å². The number of allylic oxidation sites excluding steroid dienone is 1. The van der Waals surface area contributed by atoms with Gasteiger partial charge in [0.2, 0.25) is 0 Å². The van der Waals surface area contributed by atoms with Gasteiger partial charge in [-0.2, -0.15) is 5.26 Å². The lowest BCUT2D eigenvalue weighted by atomic mass is 10.4. The highest BCUT2D eigenvalue weighted by molar-refractivity contribution is 9.13. The Morgan fingerprint density at radius 1 is 1.67 bits per heavy atom. The van der Waals surface area contributed by atoms with Gasteiger partial charge >= 0.3 is 0 Å². The lowest BCUT2D eigenvalue weighted by Crippen LogP contribution is -1.97. The Morgan fingerprint density at radius 3 is 2.83 bits per heavy atom. The Hall–Kier alpha value is -0.530. The van der Waals surface area contributed by atoms with Crippen LogP contribution < -0.4 is 0 Å². The van der Waals surface area contributed by atoms with E-state index < -0.39 is 0 Å². The van der Waals surface area contributed by atoms with Crippen molar-refractivity contribution in [1.82, 2.24) is 4.57 Å². The summed E-state index contributed by atoms with van der Waals surface area (Å²) in [6, 6.07) is 3.87. The van der Waals surface area contributed by atoms with Gasteiger partial charge < -0.3 is 4.57 Å². The zero-order valence-corrected chi connectivity index (χ0v) is 9.39. The number of hydrogen-bond donors (Lipinski definition) is 0. The lowest BCUT2D eigenvalue weighted by Gasteiger charge is -2.01. The highest BCUT2D eigenvalue weighted by Gasteiger charge is 2.08. The molecule has 0 aliphatic rings. The van der Waals surface area contributed by atoms with Gasteiger partial charge in [-0.3, -0.25) is 0 Å². The number of hydrogen-bond acceptors (Lipinski definition) is 1. The van der Waals surface area contributed by atoms with Crippen molar-refractivity contribution >= 4 is 31.9 Å². The van der Waals surface area contributed by atoms with Crippen molar-refractivity contribution in [1.29, 1.82) is 5.26 Å². The molecule has 0 aliphatic heterocycles. The quantitative estimate of drug-likeness (QED) is 0.769. The summed E-state index contributed by atoms with van der Waals surface area (Å²) in [6.07, 6.45) is 1.75. The standard InChI is InChI=1S/C8H6Br2N2/c1-2-3-12-6(5-11)4-7(9)8(12)10/h2,4H,1,3H2. The molecule has 0 atom stereocenters. The molecule has 0 N–H and O–H groups in total. The molecule has 0 amide bonds. The first-order valence-corrected chi connectivity index (χ1v) is 4.84. The molecule has 1 rings (SSSR count). The average Bonchev–Trinajstić information content (AvgIpc) is 2.33. The molecule has 1 heterocycles. The van der Waals surface area contributed by atoms with E-state index >= 15 is 0 Å². The third-order valence-corrected chi connectivity index (χ3v) is 3.41. The normalized spacial score (nSPS) is 9.42. The monoisotopic (exact) mass is 288 g/mol. The van der Waals surface area contributed by atoms with E-state index in [4.69, 9.17) is 5.26 Å². The second-order valence-corrected chi connectivity index (χ2v) is 3.78. The van der Waals surface area contributed by atoms with E-state index in [-0.39, 0.29) is 0 Å². The van der Waals surface area contributed by atoms with Gasteiger partial charge in [0, 0.05) is 6.54 Å². The number of nitrogens with zero attached hydrogens (tertiary/aromatic N) is 2. The molecule has 0 radical (unpaired) electrons. The highest BCUT2D eigenvalue weighted by Crippen LogP contribution is 2.26. The fourth-order valence-corrected chi connectivity index (χ4v) is 1.77. The summed E-state index contributed by atoms with van der Waals surface area (Å²) >= 11 is 6.68. The maximum atomic E-state index is 8.74. The predicted octanol–water partition coefficient (Wildman–Crippen LogP) is 3.07. The van der Waals surface area contributed by atoms with Crippen LogP contribution in [0.15, 0.2) is 27.8 Å². The summed E-state index contributed by atoms with van der Waals surface area (Å²) in [7, 11) is 0. The second kappa shape index (κ2) is 3.92. The number of halogens is 2. The largest absolute Gasteiger partial charge is 0.322 e. The SMILES string of the molecule is C=CCn1c(C#N)cc(Br)c1Br. The van der Waals surface area contributed by atoms with Crippen molar-refractivity contribution in [2.45, 2.75) is 6.54 Å². The highest BCUT2D eigenvalue weighted by atomic mass is 79.9. The molecule has 0 spiro atoms. The van der Waals surface area contributed by atoms with Gasteiger partial charge in [-0.05, 0) is 37.9 Å². The molecule has 0 saturated heterocycles. The molecule has 2 nitrogen and oxygen atoms in total. The van der Waals surface area contributed by atoms with Gasteiger partial charge in [0.05, 0.1) is 4.47 Å². The molecule has 0 aliphatic carbocycles. The topological polar surface area (TPSA) is 28.7 Å². The Bertz CT molecular complexity index is 347. The third-order valence-electron chi connectivity index (χ3n) is 1.41. The first-order chi connectivity index (χ1) is 5.70. The second-order valence-electron chi connectivity index (χ2n) is 2.18. The van der Waals surface area contributed by atoms with E-state index in [1.807, 2.05) is 4.57 Å². The molecule has 1 aromatic rings. The van der Waals surface area contributed by atoms with Crippen LogP contribution in [0.5, 0.6) is 0 Å². The minimum atomic E-state index is 0.619. The van der Waals surface area contributed by atoms with Crippen LogP contribution >= 0.6 is 31.9 Å². The molecule has 0 unspecified atom stereocenters. The summed E-state index contributed by atoms with van der Waals surface area (Å²) < 4.78 is 3.59. The van der Waals surface area contributed by atoms with Crippen molar-refractivity contribution in [2.24, 2.45) is 0 Å². The minimum Gasteiger partial charge on any atom is -0.322 e. The van der Waals surface area contributed by atoms with Crippen LogP contribution in [0.4, 0.5) is 0 Å². The molecule has 0 saturated carbocycles. The summed E-state index contributed by atoms with van der Waals surface area (Å²) in [5, 5.41) is 8.74. The fraction of sp³-hybridized carbons (Fsp3) is 0.125. The first-order valence-electron chi connectivity index (χ1n) is 3.26. The Kier molecular flexibility index (Phi) is 3.12. The van der Waals surface area contributed by atoms with Crippen LogP contribution in [-0.2, 0) is 6.54 Å². The van der Waals surface area contributed by atoms with Gasteiger partial charge in [-0.25, -0.2) is 0 Å². The van der Waals surface area contributed by atoms with E-state index in [0.29, 0.717) is 12.2 Å². The van der Waals surface area contributed by atoms with E-state index in [9.17, 15) is 0 Å². The molecular weight excluding hydrogens is 284 g/mol. The van der Waals surface area contributed by atoms with Crippen LogP contribution in [-0.4, -0.2) is 4.57 Å². The summed E-state index contributed by atoms with van der Waals surface area (Å²) in [4.78, 5) is 0. The summed E-state index contributed by atoms with van der Waals surface area (Å²) in [6.45, 7) is 4.25. The maximum absolute atomic E-state index is 8.74. The molecule has 0 bridgehead atoms. The summed E-state index contributed by atoms with van der Waals surface area (Å²) in [5.41, 5.74) is 0.619. The van der Waals surface area contributed by atoms with E-state index in [1.54, 1.807) is 12.1 Å². The molecule has 62 valence electrons. The first kappa shape index (κ1) is 9.56. The van der Waals surface area contributed by atoms with Crippen molar-refractivity contribution in [3.05, 3.63) is 33.5 Å². The van der Waals surface area contributed by atoms with E-state index in [1.165, 1.54) is 0 Å². The van der Waals surface area contributed by atoms with Gasteiger partial charge in [0.15, 0.2) is 0 Å². The number of rotatable bonds is 2. The number of nitriles is 1. The molecule has 12 heavy (non-hydrogen) atoms. The average molecular weight is 290 g/mol. The molecule has 1 aromatic heterocycles. The predicted molar refractivity (Wildman–Crippen MR) is 54.7 cm³/mol. The Balaban J connectivity index is 3.23. The number of aromatic nitrogens is 1. The van der Waals surface area contributed by atoms with Crippen molar-refractivity contribution < 1.29 is 0 Å². The molecule has 0 aromatic carbocycles. The maximum Gasteiger partial charge on any atom is 0.122 e.